The van der Waals surface area contributed by atoms with E-state index in [0.29, 0.717) is 17.8 Å². The fourth-order valence-corrected chi connectivity index (χ4v) is 1.21. The van der Waals surface area contributed by atoms with Gasteiger partial charge in [0, 0.05) is 0 Å². The topological polar surface area (TPSA) is 37.3 Å². The van der Waals surface area contributed by atoms with E-state index in [4.69, 9.17) is 0 Å². The van der Waals surface area contributed by atoms with Crippen molar-refractivity contribution in [2.75, 3.05) is 0 Å². The third-order valence-corrected chi connectivity index (χ3v) is 2.36. The lowest BCUT2D eigenvalue weighted by Gasteiger charge is -2.09. The van der Waals surface area contributed by atoms with Gasteiger partial charge in [-0.25, -0.2) is 0 Å². The Labute approximate surface area is 78.2 Å². The van der Waals surface area contributed by atoms with E-state index in [1.165, 1.54) is 0 Å². The summed E-state index contributed by atoms with van der Waals surface area (Å²) in [6, 6.07) is 5.18. The Hall–Kier alpha value is -1.31. The first-order chi connectivity index (χ1) is 6.19. The average Bonchev–Trinajstić information content (AvgIpc) is 2.17. The molecule has 0 aliphatic carbocycles. The van der Waals surface area contributed by atoms with Crippen LogP contribution in [0.15, 0.2) is 18.2 Å². The van der Waals surface area contributed by atoms with Gasteiger partial charge in [0.1, 0.15) is 5.75 Å². The number of phenolic OH excluding ortho intramolecular Hbond substituents is 1. The van der Waals surface area contributed by atoms with Gasteiger partial charge in [-0.3, -0.25) is 4.79 Å². The summed E-state index contributed by atoms with van der Waals surface area (Å²) in [5.74, 6) is 0.487. The van der Waals surface area contributed by atoms with Crippen LogP contribution in [0.3, 0.4) is 0 Å². The maximum atomic E-state index is 10.5. The Kier molecular flexibility index (Phi) is 3.07. The second-order valence-corrected chi connectivity index (χ2v) is 3.25. The van der Waals surface area contributed by atoms with Gasteiger partial charge in [-0.1, -0.05) is 19.9 Å². The van der Waals surface area contributed by atoms with Crippen molar-refractivity contribution >= 4 is 6.29 Å². The number of rotatable bonds is 3. The molecule has 0 heterocycles. The molecule has 13 heavy (non-hydrogen) atoms. The van der Waals surface area contributed by atoms with E-state index < -0.39 is 0 Å². The second-order valence-electron chi connectivity index (χ2n) is 3.25. The Bertz CT molecular complexity index is 305. The van der Waals surface area contributed by atoms with Crippen molar-refractivity contribution in [3.63, 3.8) is 0 Å². The number of phenols is 1. The van der Waals surface area contributed by atoms with Crippen LogP contribution in [0.5, 0.6) is 5.75 Å². The van der Waals surface area contributed by atoms with E-state index >= 15 is 0 Å². The molecule has 0 amide bonds. The molecule has 0 aliphatic rings. The standard InChI is InChI=1S/C11H14O2/c1-3-8(2)9-4-5-11(13)10(6-9)7-12/h4-8,13H,3H2,1-2H3/t8-/m0/s1. The number of aldehydes is 1. The van der Waals surface area contributed by atoms with Crippen LogP contribution in [0.1, 0.15) is 42.1 Å². The second kappa shape index (κ2) is 4.08. The molecule has 0 saturated carbocycles. The minimum Gasteiger partial charge on any atom is -0.507 e. The van der Waals surface area contributed by atoms with Crippen LogP contribution >= 0.6 is 0 Å². The van der Waals surface area contributed by atoms with Crippen molar-refractivity contribution in [2.24, 2.45) is 0 Å². The highest BCUT2D eigenvalue weighted by Crippen LogP contribution is 2.23. The first kappa shape index (κ1) is 9.78. The highest BCUT2D eigenvalue weighted by Gasteiger charge is 2.06. The van der Waals surface area contributed by atoms with Gasteiger partial charge in [-0.15, -0.1) is 0 Å². The summed E-state index contributed by atoms with van der Waals surface area (Å²) in [6.07, 6.45) is 1.71. The van der Waals surface area contributed by atoms with Gasteiger partial charge in [0.05, 0.1) is 5.56 Å². The van der Waals surface area contributed by atoms with Crippen molar-refractivity contribution in [3.8, 4) is 5.75 Å². The van der Waals surface area contributed by atoms with Crippen molar-refractivity contribution in [3.05, 3.63) is 29.3 Å². The summed E-state index contributed by atoms with van der Waals surface area (Å²) in [7, 11) is 0. The zero-order valence-electron chi connectivity index (χ0n) is 7.95. The molecule has 0 aromatic heterocycles. The minimum absolute atomic E-state index is 0.0575. The highest BCUT2D eigenvalue weighted by atomic mass is 16.3. The molecule has 1 rings (SSSR count). The van der Waals surface area contributed by atoms with Gasteiger partial charge in [-0.05, 0) is 30.0 Å². The van der Waals surface area contributed by atoms with Crippen LogP contribution < -0.4 is 0 Å². The maximum absolute atomic E-state index is 10.5. The van der Waals surface area contributed by atoms with Crippen molar-refractivity contribution < 1.29 is 9.90 Å². The largest absolute Gasteiger partial charge is 0.507 e. The monoisotopic (exact) mass is 178 g/mol. The summed E-state index contributed by atoms with van der Waals surface area (Å²) in [6.45, 7) is 4.19. The molecule has 1 atom stereocenters. The van der Waals surface area contributed by atoms with Crippen molar-refractivity contribution in [1.82, 2.24) is 0 Å². The van der Waals surface area contributed by atoms with E-state index in [2.05, 4.69) is 13.8 Å². The van der Waals surface area contributed by atoms with Crippen LogP contribution in [0.4, 0.5) is 0 Å². The SMILES string of the molecule is CC[C@H](C)c1ccc(O)c(C=O)c1. The van der Waals surface area contributed by atoms with E-state index in [0.717, 1.165) is 12.0 Å². The first-order valence-corrected chi connectivity index (χ1v) is 4.47. The van der Waals surface area contributed by atoms with Gasteiger partial charge >= 0.3 is 0 Å². The van der Waals surface area contributed by atoms with Gasteiger partial charge < -0.3 is 5.11 Å². The number of aromatic hydroxyl groups is 1. The summed E-state index contributed by atoms with van der Waals surface area (Å²) in [5, 5.41) is 9.26. The lowest BCUT2D eigenvalue weighted by Crippen LogP contribution is -1.93. The van der Waals surface area contributed by atoms with Crippen LogP contribution in [0.25, 0.3) is 0 Å². The zero-order chi connectivity index (χ0) is 9.84. The smallest absolute Gasteiger partial charge is 0.153 e. The number of carbonyl (C=O) groups excluding carboxylic acids is 1. The number of carbonyl (C=O) groups is 1. The normalized spacial score (nSPS) is 12.5. The fraction of sp³-hybridized carbons (Fsp3) is 0.364. The maximum Gasteiger partial charge on any atom is 0.153 e. The molecule has 2 heteroatoms. The van der Waals surface area contributed by atoms with Gasteiger partial charge in [0.15, 0.2) is 6.29 Å². The van der Waals surface area contributed by atoms with Crippen molar-refractivity contribution in [2.45, 2.75) is 26.2 Å². The lowest BCUT2D eigenvalue weighted by atomic mass is 9.97. The number of benzene rings is 1. The molecule has 0 radical (unpaired) electrons. The predicted molar refractivity (Wildman–Crippen MR) is 52.2 cm³/mol. The van der Waals surface area contributed by atoms with E-state index in [1.54, 1.807) is 12.1 Å². The summed E-state index contributed by atoms with van der Waals surface area (Å²) < 4.78 is 0. The highest BCUT2D eigenvalue weighted by molar-refractivity contribution is 5.79. The van der Waals surface area contributed by atoms with Gasteiger partial charge in [-0.2, -0.15) is 0 Å². The van der Waals surface area contributed by atoms with Crippen LogP contribution in [0.2, 0.25) is 0 Å². The van der Waals surface area contributed by atoms with E-state index in [-0.39, 0.29) is 5.75 Å². The summed E-state index contributed by atoms with van der Waals surface area (Å²) >= 11 is 0. The molecule has 70 valence electrons. The third-order valence-electron chi connectivity index (χ3n) is 2.36. The van der Waals surface area contributed by atoms with Crippen LogP contribution in [-0.4, -0.2) is 11.4 Å². The predicted octanol–water partition coefficient (Wildman–Crippen LogP) is 2.72. The fourth-order valence-electron chi connectivity index (χ4n) is 1.21. The lowest BCUT2D eigenvalue weighted by molar-refractivity contribution is 0.112. The third kappa shape index (κ3) is 2.08. The van der Waals surface area contributed by atoms with Gasteiger partial charge in [0.25, 0.3) is 0 Å². The number of hydrogen-bond acceptors (Lipinski definition) is 2. The molecule has 1 N–H and O–H groups in total. The average molecular weight is 178 g/mol. The Morgan fingerprint density at radius 2 is 2.23 bits per heavy atom. The molecule has 2 nitrogen and oxygen atoms in total. The quantitative estimate of drug-likeness (QED) is 0.722. The Morgan fingerprint density at radius 3 is 2.77 bits per heavy atom. The number of hydrogen-bond donors (Lipinski definition) is 1. The van der Waals surface area contributed by atoms with E-state index in [9.17, 15) is 9.90 Å². The molecule has 0 aliphatic heterocycles. The first-order valence-electron chi connectivity index (χ1n) is 4.47. The molecule has 0 bridgehead atoms. The van der Waals surface area contributed by atoms with Crippen LogP contribution in [-0.2, 0) is 0 Å². The zero-order valence-corrected chi connectivity index (χ0v) is 7.95. The Balaban J connectivity index is 3.05. The molecule has 1 aromatic rings. The molecular formula is C11H14O2. The van der Waals surface area contributed by atoms with Gasteiger partial charge in [0.2, 0.25) is 0 Å². The molecule has 0 spiro atoms. The van der Waals surface area contributed by atoms with Crippen molar-refractivity contribution in [1.29, 1.82) is 0 Å². The molecule has 0 unspecified atom stereocenters. The molecule has 0 fully saturated rings. The summed E-state index contributed by atoms with van der Waals surface area (Å²) in [5.41, 5.74) is 1.47. The molecule has 0 saturated heterocycles. The minimum atomic E-state index is 0.0575. The Morgan fingerprint density at radius 1 is 1.54 bits per heavy atom. The molecular weight excluding hydrogens is 164 g/mol. The summed E-state index contributed by atoms with van der Waals surface area (Å²) in [4.78, 5) is 10.5. The van der Waals surface area contributed by atoms with E-state index in [1.807, 2.05) is 6.07 Å². The molecule has 1 aromatic carbocycles. The van der Waals surface area contributed by atoms with Crippen LogP contribution in [0, 0.1) is 0 Å².